The molecule has 0 bridgehead atoms. The number of hydrogen-bond acceptors (Lipinski definition) is 3. The quantitative estimate of drug-likeness (QED) is 0.214. The summed E-state index contributed by atoms with van der Waals surface area (Å²) in [4.78, 5) is 12.9. The van der Waals surface area contributed by atoms with Gasteiger partial charge in [-0.1, -0.05) is 63.8 Å². The van der Waals surface area contributed by atoms with Crippen LogP contribution in [0.4, 0.5) is 0 Å². The van der Waals surface area contributed by atoms with Crippen molar-refractivity contribution in [1.82, 2.24) is 4.90 Å². The van der Waals surface area contributed by atoms with Crippen LogP contribution in [0, 0.1) is 0 Å². The van der Waals surface area contributed by atoms with E-state index in [0.717, 1.165) is 38.8 Å². The van der Waals surface area contributed by atoms with Crippen molar-refractivity contribution in [2.24, 2.45) is 0 Å². The van der Waals surface area contributed by atoms with Crippen LogP contribution in [-0.2, 0) is 4.79 Å². The van der Waals surface area contributed by atoms with E-state index in [0.29, 0.717) is 0 Å². The Morgan fingerprint density at radius 1 is 0.731 bits per heavy atom. The van der Waals surface area contributed by atoms with Crippen molar-refractivity contribution in [2.75, 3.05) is 19.6 Å². The van der Waals surface area contributed by atoms with Crippen molar-refractivity contribution in [3.8, 4) is 0 Å². The third-order valence-electron chi connectivity index (χ3n) is 4.32. The molecule has 26 heavy (non-hydrogen) atoms. The summed E-state index contributed by atoms with van der Waals surface area (Å²) in [6.07, 6.45) is 23.1. The minimum Gasteiger partial charge on any atom is -0.549 e. The molecule has 146 valence electrons. The predicted octanol–water partition coefficient (Wildman–Crippen LogP) is 1.88. The van der Waals surface area contributed by atoms with Gasteiger partial charge in [0, 0.05) is 6.54 Å². The molecule has 0 atom stereocenters. The number of aliphatic carboxylic acids is 1. The van der Waals surface area contributed by atoms with Crippen LogP contribution in [0.15, 0.2) is 24.3 Å². The fourth-order valence-electron chi connectivity index (χ4n) is 2.81. The monoisotopic (exact) mass is 357 g/mol. The van der Waals surface area contributed by atoms with E-state index in [1.54, 1.807) is 0 Å². The Morgan fingerprint density at radius 2 is 1.12 bits per heavy atom. The van der Waals surface area contributed by atoms with Crippen LogP contribution in [-0.4, -0.2) is 30.5 Å². The molecule has 0 aliphatic heterocycles. The molecule has 4 heteroatoms. The van der Waals surface area contributed by atoms with Crippen LogP contribution < -0.4 is 24.0 Å². The molecule has 0 saturated heterocycles. The van der Waals surface area contributed by atoms with Crippen LogP contribution >= 0.6 is 0 Å². The number of unbranched alkanes of at least 4 members (excludes halogenated alkanes) is 8. The number of carboxylic acids is 1. The van der Waals surface area contributed by atoms with Gasteiger partial charge in [0.25, 0.3) is 0 Å². The van der Waals surface area contributed by atoms with Crippen LogP contribution in [0.5, 0.6) is 0 Å². The molecule has 0 aliphatic carbocycles. The number of carboxylic acid groups (broad SMARTS) is 1. The average molecular weight is 358 g/mol. The van der Waals surface area contributed by atoms with Gasteiger partial charge in [-0.25, -0.2) is 0 Å². The van der Waals surface area contributed by atoms with Gasteiger partial charge in [-0.3, -0.25) is 4.90 Å². The molecule has 0 saturated carbocycles. The maximum atomic E-state index is 10.9. The summed E-state index contributed by atoms with van der Waals surface area (Å²) in [6.45, 7) is 6.18. The molecule has 0 aliphatic rings. The third kappa shape index (κ3) is 21.5. The van der Waals surface area contributed by atoms with E-state index < -0.39 is 5.97 Å². The zero-order valence-electron chi connectivity index (χ0n) is 17.7. The molecule has 3 nitrogen and oxygen atoms in total. The number of hydrogen-bond donors (Lipinski definition) is 0. The Bertz CT molecular complexity index is 330. The summed E-state index contributed by atoms with van der Waals surface area (Å²) in [5, 5.41) is 10.9. The Kier molecular flexibility index (Phi) is 24.0. The summed E-state index contributed by atoms with van der Waals surface area (Å²) in [5.74, 6) is -0.967. The Morgan fingerprint density at radius 3 is 1.46 bits per heavy atom. The van der Waals surface area contributed by atoms with Crippen LogP contribution in [0.2, 0.25) is 0 Å². The maximum Gasteiger partial charge on any atom is 1.00 e. The molecule has 0 N–H and O–H groups in total. The van der Waals surface area contributed by atoms with E-state index in [4.69, 9.17) is 0 Å². The van der Waals surface area contributed by atoms with Gasteiger partial charge in [-0.2, -0.15) is 0 Å². The summed E-state index contributed by atoms with van der Waals surface area (Å²) < 4.78 is 0. The van der Waals surface area contributed by atoms with E-state index in [1.165, 1.54) is 51.4 Å². The molecular formula is C22H40LiNO2. The average Bonchev–Trinajstić information content (AvgIpc) is 2.58. The predicted molar refractivity (Wildman–Crippen MR) is 106 cm³/mol. The third-order valence-corrected chi connectivity index (χ3v) is 4.32. The van der Waals surface area contributed by atoms with Gasteiger partial charge in [0.2, 0.25) is 0 Å². The second kappa shape index (κ2) is 22.5. The molecular weight excluding hydrogens is 317 g/mol. The summed E-state index contributed by atoms with van der Waals surface area (Å²) in [7, 11) is 0. The minimum absolute atomic E-state index is 0. The van der Waals surface area contributed by atoms with Gasteiger partial charge in [-0.15, -0.1) is 0 Å². The van der Waals surface area contributed by atoms with Gasteiger partial charge in [0.1, 0.15) is 0 Å². The molecule has 0 aromatic heterocycles. The van der Waals surface area contributed by atoms with Gasteiger partial charge >= 0.3 is 18.9 Å². The molecule has 0 amide bonds. The van der Waals surface area contributed by atoms with Gasteiger partial charge in [0.05, 0.1) is 5.97 Å². The minimum atomic E-state index is -0.967. The summed E-state index contributed by atoms with van der Waals surface area (Å²) in [6, 6.07) is 0. The Balaban J connectivity index is 0. The molecule has 0 spiro atoms. The standard InChI is InChI=1S/C22H41NO2.Li/c1-3-5-7-9-11-13-15-17-19-23(21-22(24)25)20-18-16-14-12-10-8-6-4-2;/h11-14H,3-10,15-21H2,1-2H3,(H,24,25);/q;+1/p-1/b13-11+,14-12+;. The largest absolute Gasteiger partial charge is 1.00 e. The number of allylic oxidation sites excluding steroid dienone is 4. The van der Waals surface area contributed by atoms with E-state index in [9.17, 15) is 9.90 Å². The van der Waals surface area contributed by atoms with Crippen LogP contribution in [0.1, 0.15) is 90.9 Å². The molecule has 0 unspecified atom stereocenters. The fraction of sp³-hybridized carbons (Fsp3) is 0.773. The normalized spacial score (nSPS) is 11.5. The second-order valence-electron chi connectivity index (χ2n) is 6.87. The zero-order chi connectivity index (χ0) is 18.6. The van der Waals surface area contributed by atoms with Gasteiger partial charge < -0.3 is 9.90 Å². The fourth-order valence-corrected chi connectivity index (χ4v) is 2.81. The SMILES string of the molecule is CCCCC/C=C/CCCN(CCC/C=C/CCCCC)CC(=O)[O-].[Li+]. The first-order valence-electron chi connectivity index (χ1n) is 10.4. The van der Waals surface area contributed by atoms with Crippen LogP contribution in [0.25, 0.3) is 0 Å². The van der Waals surface area contributed by atoms with E-state index in [-0.39, 0.29) is 25.4 Å². The van der Waals surface area contributed by atoms with Crippen LogP contribution in [0.3, 0.4) is 0 Å². The van der Waals surface area contributed by atoms with Gasteiger partial charge in [0.15, 0.2) is 0 Å². The van der Waals surface area contributed by atoms with Crippen molar-refractivity contribution in [1.29, 1.82) is 0 Å². The van der Waals surface area contributed by atoms with Crippen molar-refractivity contribution in [3.05, 3.63) is 24.3 Å². The molecule has 0 heterocycles. The summed E-state index contributed by atoms with van der Waals surface area (Å²) >= 11 is 0. The molecule has 0 radical (unpaired) electrons. The van der Waals surface area contributed by atoms with E-state index in [2.05, 4.69) is 38.2 Å². The zero-order valence-corrected chi connectivity index (χ0v) is 17.7. The first-order chi connectivity index (χ1) is 12.2. The van der Waals surface area contributed by atoms with Crippen molar-refractivity contribution in [3.63, 3.8) is 0 Å². The number of rotatable bonds is 18. The number of carbonyl (C=O) groups is 1. The Labute approximate surface area is 174 Å². The number of nitrogens with zero attached hydrogens (tertiary/aromatic N) is 1. The first kappa shape index (κ1) is 27.7. The maximum absolute atomic E-state index is 10.9. The second-order valence-corrected chi connectivity index (χ2v) is 6.87. The molecule has 0 aromatic carbocycles. The van der Waals surface area contributed by atoms with Crippen molar-refractivity contribution < 1.29 is 28.8 Å². The van der Waals surface area contributed by atoms with Crippen molar-refractivity contribution >= 4 is 5.97 Å². The van der Waals surface area contributed by atoms with E-state index in [1.807, 2.05) is 4.90 Å². The molecule has 0 rings (SSSR count). The number of carbonyl (C=O) groups excluding carboxylic acids is 1. The Hall–Kier alpha value is -0.493. The molecule has 0 fully saturated rings. The van der Waals surface area contributed by atoms with Gasteiger partial charge in [-0.05, 0) is 64.5 Å². The summed E-state index contributed by atoms with van der Waals surface area (Å²) in [5.41, 5.74) is 0. The topological polar surface area (TPSA) is 43.4 Å². The molecule has 0 aromatic rings. The van der Waals surface area contributed by atoms with Crippen molar-refractivity contribution in [2.45, 2.75) is 90.9 Å². The smallest absolute Gasteiger partial charge is 0.549 e. The first-order valence-corrected chi connectivity index (χ1v) is 10.4. The van der Waals surface area contributed by atoms with E-state index >= 15 is 0 Å².